The van der Waals surface area contributed by atoms with Crippen LogP contribution < -0.4 is 10.1 Å². The van der Waals surface area contributed by atoms with Crippen molar-refractivity contribution in [3.63, 3.8) is 0 Å². The molecule has 2 nitrogen and oxygen atoms in total. The minimum absolute atomic E-state index is 0.775. The number of methoxy groups -OCH3 is 1. The third kappa shape index (κ3) is 2.84. The summed E-state index contributed by atoms with van der Waals surface area (Å²) >= 11 is 6.26. The van der Waals surface area contributed by atoms with E-state index in [4.69, 9.17) is 16.3 Å². The zero-order valence-electron chi connectivity index (χ0n) is 10.5. The first kappa shape index (κ1) is 12.9. The summed E-state index contributed by atoms with van der Waals surface area (Å²) < 4.78 is 5.23. The molecule has 0 atom stereocenters. The maximum Gasteiger partial charge on any atom is 0.119 e. The van der Waals surface area contributed by atoms with Gasteiger partial charge in [-0.15, -0.1) is 0 Å². The molecule has 0 aliphatic rings. The van der Waals surface area contributed by atoms with Gasteiger partial charge in [0.15, 0.2) is 0 Å². The van der Waals surface area contributed by atoms with Crippen molar-refractivity contribution in [3.8, 4) is 16.9 Å². The third-order valence-electron chi connectivity index (χ3n) is 2.82. The quantitative estimate of drug-likeness (QED) is 0.905. The summed E-state index contributed by atoms with van der Waals surface area (Å²) in [5.74, 6) is 0.850. The van der Waals surface area contributed by atoms with Gasteiger partial charge in [0.25, 0.3) is 0 Å². The molecular formula is C15H16ClNO. The van der Waals surface area contributed by atoms with Crippen LogP contribution in [-0.2, 0) is 6.54 Å². The normalized spacial score (nSPS) is 10.4. The largest absolute Gasteiger partial charge is 0.497 e. The van der Waals surface area contributed by atoms with Gasteiger partial charge in [-0.2, -0.15) is 0 Å². The minimum atomic E-state index is 0.775. The Hall–Kier alpha value is -1.51. The molecule has 0 radical (unpaired) electrons. The molecule has 0 heterocycles. The number of benzene rings is 2. The topological polar surface area (TPSA) is 21.3 Å². The molecule has 2 aromatic carbocycles. The average Bonchev–Trinajstić information content (AvgIpc) is 2.41. The van der Waals surface area contributed by atoms with E-state index in [2.05, 4.69) is 11.4 Å². The molecule has 0 saturated heterocycles. The van der Waals surface area contributed by atoms with Crippen molar-refractivity contribution in [2.45, 2.75) is 6.54 Å². The van der Waals surface area contributed by atoms with Crippen LogP contribution in [0.5, 0.6) is 5.75 Å². The van der Waals surface area contributed by atoms with Gasteiger partial charge < -0.3 is 10.1 Å². The molecule has 0 saturated carbocycles. The van der Waals surface area contributed by atoms with Crippen LogP contribution >= 0.6 is 11.6 Å². The summed E-state index contributed by atoms with van der Waals surface area (Å²) in [6.07, 6.45) is 0. The number of hydrogen-bond acceptors (Lipinski definition) is 2. The van der Waals surface area contributed by atoms with Crippen molar-refractivity contribution < 1.29 is 4.74 Å². The van der Waals surface area contributed by atoms with Crippen molar-refractivity contribution >= 4 is 11.6 Å². The van der Waals surface area contributed by atoms with Crippen LogP contribution in [0.2, 0.25) is 5.02 Å². The van der Waals surface area contributed by atoms with E-state index in [9.17, 15) is 0 Å². The first-order valence-corrected chi connectivity index (χ1v) is 6.20. The van der Waals surface area contributed by atoms with Crippen LogP contribution in [0.3, 0.4) is 0 Å². The fourth-order valence-electron chi connectivity index (χ4n) is 1.86. The Bertz CT molecular complexity index is 540. The Morgan fingerprint density at radius 1 is 1.11 bits per heavy atom. The zero-order chi connectivity index (χ0) is 13.0. The minimum Gasteiger partial charge on any atom is -0.497 e. The Labute approximate surface area is 113 Å². The van der Waals surface area contributed by atoms with Crippen molar-refractivity contribution in [2.75, 3.05) is 14.2 Å². The number of ether oxygens (including phenoxy) is 1. The van der Waals surface area contributed by atoms with Gasteiger partial charge in [0.2, 0.25) is 0 Å². The molecule has 0 spiro atoms. The maximum atomic E-state index is 6.26. The maximum absolute atomic E-state index is 6.26. The van der Waals surface area contributed by atoms with E-state index >= 15 is 0 Å². The van der Waals surface area contributed by atoms with E-state index in [1.807, 2.05) is 43.4 Å². The fraction of sp³-hybridized carbons (Fsp3) is 0.200. The Morgan fingerprint density at radius 2 is 1.89 bits per heavy atom. The van der Waals surface area contributed by atoms with E-state index in [0.29, 0.717) is 0 Å². The molecule has 0 fully saturated rings. The van der Waals surface area contributed by atoms with Crippen LogP contribution in [0.15, 0.2) is 42.5 Å². The van der Waals surface area contributed by atoms with Crippen molar-refractivity contribution in [2.24, 2.45) is 0 Å². The lowest BCUT2D eigenvalue weighted by atomic mass is 10.0. The molecule has 0 aliphatic heterocycles. The van der Waals surface area contributed by atoms with E-state index in [1.54, 1.807) is 7.11 Å². The summed E-state index contributed by atoms with van der Waals surface area (Å²) in [6, 6.07) is 14.1. The van der Waals surface area contributed by atoms with Gasteiger partial charge in [0, 0.05) is 11.6 Å². The molecular weight excluding hydrogens is 246 g/mol. The first-order chi connectivity index (χ1) is 8.74. The zero-order valence-corrected chi connectivity index (χ0v) is 11.3. The summed E-state index contributed by atoms with van der Waals surface area (Å²) in [6.45, 7) is 0.775. The monoisotopic (exact) mass is 261 g/mol. The summed E-state index contributed by atoms with van der Waals surface area (Å²) in [4.78, 5) is 0. The van der Waals surface area contributed by atoms with Crippen LogP contribution in [0.1, 0.15) is 5.56 Å². The standard InChI is InChI=1S/C15H16ClNO/c1-17-10-13-7-6-12(9-15(13)16)11-4-3-5-14(8-11)18-2/h3-9,17H,10H2,1-2H3. The highest BCUT2D eigenvalue weighted by Gasteiger charge is 2.04. The molecule has 0 bridgehead atoms. The molecule has 2 aromatic rings. The van der Waals surface area contributed by atoms with E-state index < -0.39 is 0 Å². The lowest BCUT2D eigenvalue weighted by Gasteiger charge is -2.08. The summed E-state index contributed by atoms with van der Waals surface area (Å²) in [7, 11) is 3.58. The molecule has 3 heteroatoms. The van der Waals surface area contributed by atoms with Crippen LogP contribution in [0.25, 0.3) is 11.1 Å². The average molecular weight is 262 g/mol. The summed E-state index contributed by atoms with van der Waals surface area (Å²) in [5.41, 5.74) is 3.30. The second kappa shape index (κ2) is 5.89. The van der Waals surface area contributed by atoms with Crippen molar-refractivity contribution in [3.05, 3.63) is 53.1 Å². The lowest BCUT2D eigenvalue weighted by Crippen LogP contribution is -2.05. The van der Waals surface area contributed by atoms with Gasteiger partial charge in [-0.25, -0.2) is 0 Å². The molecule has 0 aliphatic carbocycles. The number of halogens is 1. The second-order valence-electron chi connectivity index (χ2n) is 4.07. The van der Waals surface area contributed by atoms with E-state index in [0.717, 1.165) is 34.0 Å². The molecule has 2 rings (SSSR count). The highest BCUT2D eigenvalue weighted by atomic mass is 35.5. The smallest absolute Gasteiger partial charge is 0.119 e. The second-order valence-corrected chi connectivity index (χ2v) is 4.48. The van der Waals surface area contributed by atoms with E-state index in [-0.39, 0.29) is 0 Å². The van der Waals surface area contributed by atoms with Gasteiger partial charge >= 0.3 is 0 Å². The fourth-order valence-corrected chi connectivity index (χ4v) is 2.11. The van der Waals surface area contributed by atoms with Gasteiger partial charge in [-0.05, 0) is 41.9 Å². The van der Waals surface area contributed by atoms with Crippen LogP contribution in [0, 0.1) is 0 Å². The predicted molar refractivity (Wildman–Crippen MR) is 76.2 cm³/mol. The van der Waals surface area contributed by atoms with Crippen LogP contribution in [-0.4, -0.2) is 14.2 Å². The van der Waals surface area contributed by atoms with Gasteiger partial charge in [0.1, 0.15) is 5.75 Å². The van der Waals surface area contributed by atoms with Crippen LogP contribution in [0.4, 0.5) is 0 Å². The Morgan fingerprint density at radius 3 is 2.56 bits per heavy atom. The SMILES string of the molecule is CNCc1ccc(-c2cccc(OC)c2)cc1Cl. The lowest BCUT2D eigenvalue weighted by molar-refractivity contribution is 0.415. The first-order valence-electron chi connectivity index (χ1n) is 5.82. The number of hydrogen-bond donors (Lipinski definition) is 1. The molecule has 1 N–H and O–H groups in total. The van der Waals surface area contributed by atoms with E-state index in [1.165, 1.54) is 0 Å². The molecule has 0 amide bonds. The molecule has 0 aromatic heterocycles. The van der Waals surface area contributed by atoms with Gasteiger partial charge in [-0.3, -0.25) is 0 Å². The molecule has 94 valence electrons. The highest BCUT2D eigenvalue weighted by molar-refractivity contribution is 6.31. The number of rotatable bonds is 4. The van der Waals surface area contributed by atoms with Gasteiger partial charge in [-0.1, -0.05) is 35.9 Å². The third-order valence-corrected chi connectivity index (χ3v) is 3.18. The molecule has 18 heavy (non-hydrogen) atoms. The Balaban J connectivity index is 2.35. The van der Waals surface area contributed by atoms with Crippen molar-refractivity contribution in [1.29, 1.82) is 0 Å². The summed E-state index contributed by atoms with van der Waals surface area (Å²) in [5, 5.41) is 3.88. The Kier molecular flexibility index (Phi) is 4.24. The van der Waals surface area contributed by atoms with Crippen molar-refractivity contribution in [1.82, 2.24) is 5.32 Å². The molecule has 0 unspecified atom stereocenters. The van der Waals surface area contributed by atoms with Gasteiger partial charge in [0.05, 0.1) is 7.11 Å². The predicted octanol–water partition coefficient (Wildman–Crippen LogP) is 3.74. The highest BCUT2D eigenvalue weighted by Crippen LogP contribution is 2.27. The number of nitrogens with one attached hydrogen (secondary N) is 1.